The van der Waals surface area contributed by atoms with Crippen LogP contribution in [0.2, 0.25) is 0 Å². The lowest BCUT2D eigenvalue weighted by molar-refractivity contribution is 0.468. The van der Waals surface area contributed by atoms with Crippen LogP contribution in [0.4, 0.5) is 12.9 Å². The molecule has 0 amide bonds. The summed E-state index contributed by atoms with van der Waals surface area (Å²) in [5.74, 6) is 0. The Kier molecular flexibility index (Phi) is 2.69. The monoisotopic (exact) mass is 187 g/mol. The molecule has 0 fully saturated rings. The molecule has 0 saturated carbocycles. The first-order valence-electron chi connectivity index (χ1n) is 4.15. The molecule has 0 aliphatic rings. The predicted octanol–water partition coefficient (Wildman–Crippen LogP) is 3.23. The van der Waals surface area contributed by atoms with Gasteiger partial charge in [0.05, 0.1) is 0 Å². The molecule has 0 bridgehead atoms. The van der Waals surface area contributed by atoms with Crippen molar-refractivity contribution in [2.45, 2.75) is 20.2 Å². The van der Waals surface area contributed by atoms with Crippen LogP contribution in [0.25, 0.3) is 0 Å². The standard InChI is InChI=1S/C9H11BF3/c1-7-3-8(2)5-9(4-7)6-10(11,12)13/h3-5H,6H2,1-2H3/q-1. The highest BCUT2D eigenvalue weighted by Crippen LogP contribution is 2.18. The van der Waals surface area contributed by atoms with E-state index in [-0.39, 0.29) is 0 Å². The van der Waals surface area contributed by atoms with Crippen LogP contribution < -0.4 is 0 Å². The first-order valence-corrected chi connectivity index (χ1v) is 4.15. The molecule has 1 aromatic rings. The summed E-state index contributed by atoms with van der Waals surface area (Å²) in [6, 6.07) is 5.04. The van der Waals surface area contributed by atoms with Crippen molar-refractivity contribution in [3.63, 3.8) is 0 Å². The fourth-order valence-electron chi connectivity index (χ4n) is 1.45. The van der Waals surface area contributed by atoms with Crippen LogP contribution in [0.1, 0.15) is 16.7 Å². The Bertz CT molecular complexity index is 284. The van der Waals surface area contributed by atoms with Crippen LogP contribution in [0.15, 0.2) is 18.2 Å². The summed E-state index contributed by atoms with van der Waals surface area (Å²) >= 11 is 0. The maximum absolute atomic E-state index is 12.1. The molecular weight excluding hydrogens is 176 g/mol. The fraction of sp³-hybridized carbons (Fsp3) is 0.333. The molecular formula is C9H11BF3-. The van der Waals surface area contributed by atoms with Gasteiger partial charge >= 0.3 is 6.98 Å². The van der Waals surface area contributed by atoms with Gasteiger partial charge < -0.3 is 12.9 Å². The molecule has 0 aliphatic heterocycles. The average molecular weight is 187 g/mol. The number of hydrogen-bond acceptors (Lipinski definition) is 0. The minimum atomic E-state index is -4.71. The van der Waals surface area contributed by atoms with E-state index >= 15 is 0 Å². The quantitative estimate of drug-likeness (QED) is 0.623. The van der Waals surface area contributed by atoms with Crippen LogP contribution in [-0.2, 0) is 6.32 Å². The SMILES string of the molecule is Cc1cc(C)cc(C[B-](F)(F)F)c1. The topological polar surface area (TPSA) is 0 Å². The van der Waals surface area contributed by atoms with Crippen molar-refractivity contribution < 1.29 is 12.9 Å². The van der Waals surface area contributed by atoms with Crippen molar-refractivity contribution in [1.29, 1.82) is 0 Å². The predicted molar refractivity (Wildman–Crippen MR) is 48.7 cm³/mol. The van der Waals surface area contributed by atoms with E-state index in [1.807, 2.05) is 6.07 Å². The largest absolute Gasteiger partial charge is 0.482 e. The molecule has 0 spiro atoms. The van der Waals surface area contributed by atoms with Gasteiger partial charge in [0.25, 0.3) is 0 Å². The van der Waals surface area contributed by atoms with E-state index in [9.17, 15) is 12.9 Å². The minimum absolute atomic E-state index is 0.366. The molecule has 0 atom stereocenters. The van der Waals surface area contributed by atoms with Crippen molar-refractivity contribution in [3.05, 3.63) is 34.9 Å². The second-order valence-electron chi connectivity index (χ2n) is 3.41. The lowest BCUT2D eigenvalue weighted by Crippen LogP contribution is -2.19. The zero-order chi connectivity index (χ0) is 10.1. The summed E-state index contributed by atoms with van der Waals surface area (Å²) in [5, 5.41) is 0. The number of rotatable bonds is 2. The second kappa shape index (κ2) is 3.44. The molecule has 0 aliphatic carbocycles. The van der Waals surface area contributed by atoms with Crippen molar-refractivity contribution in [1.82, 2.24) is 0 Å². The highest BCUT2D eigenvalue weighted by molar-refractivity contribution is 6.57. The summed E-state index contributed by atoms with van der Waals surface area (Å²) in [5.41, 5.74) is 2.13. The summed E-state index contributed by atoms with van der Waals surface area (Å²) in [4.78, 5) is 0. The lowest BCUT2D eigenvalue weighted by atomic mass is 9.81. The highest BCUT2D eigenvalue weighted by atomic mass is 19.4. The van der Waals surface area contributed by atoms with E-state index in [0.29, 0.717) is 5.56 Å². The Morgan fingerprint density at radius 1 is 1.00 bits per heavy atom. The minimum Gasteiger partial charge on any atom is -0.449 e. The molecule has 72 valence electrons. The Labute approximate surface area is 75.8 Å². The van der Waals surface area contributed by atoms with E-state index in [0.717, 1.165) is 11.1 Å². The second-order valence-corrected chi connectivity index (χ2v) is 3.41. The van der Waals surface area contributed by atoms with E-state index in [1.54, 1.807) is 26.0 Å². The molecule has 0 saturated heterocycles. The van der Waals surface area contributed by atoms with E-state index < -0.39 is 13.3 Å². The van der Waals surface area contributed by atoms with E-state index in [1.165, 1.54) is 0 Å². The number of hydrogen-bond donors (Lipinski definition) is 0. The maximum atomic E-state index is 12.1. The van der Waals surface area contributed by atoms with Gasteiger partial charge in [0.2, 0.25) is 0 Å². The van der Waals surface area contributed by atoms with Crippen LogP contribution in [0.3, 0.4) is 0 Å². The molecule has 1 rings (SSSR count). The summed E-state index contributed by atoms with van der Waals surface area (Å²) in [7, 11) is 0. The van der Waals surface area contributed by atoms with Gasteiger partial charge in [-0.25, -0.2) is 0 Å². The summed E-state index contributed by atoms with van der Waals surface area (Å²) in [6.45, 7) is -1.10. The van der Waals surface area contributed by atoms with Crippen LogP contribution in [0.5, 0.6) is 0 Å². The lowest BCUT2D eigenvalue weighted by Gasteiger charge is -2.14. The van der Waals surface area contributed by atoms with Crippen molar-refractivity contribution >= 4 is 6.98 Å². The molecule has 1 aromatic carbocycles. The van der Waals surface area contributed by atoms with Crippen LogP contribution in [0, 0.1) is 13.8 Å². The van der Waals surface area contributed by atoms with Gasteiger partial charge in [0.1, 0.15) is 0 Å². The van der Waals surface area contributed by atoms with Crippen molar-refractivity contribution in [3.8, 4) is 0 Å². The molecule has 13 heavy (non-hydrogen) atoms. The summed E-state index contributed by atoms with van der Waals surface area (Å²) < 4.78 is 36.2. The van der Waals surface area contributed by atoms with Crippen molar-refractivity contribution in [2.75, 3.05) is 0 Å². The maximum Gasteiger partial charge on any atom is 0.482 e. The van der Waals surface area contributed by atoms with Crippen LogP contribution >= 0.6 is 0 Å². The van der Waals surface area contributed by atoms with Gasteiger partial charge in [0, 0.05) is 0 Å². The molecule has 0 nitrogen and oxygen atoms in total. The van der Waals surface area contributed by atoms with Gasteiger partial charge in [0.15, 0.2) is 0 Å². The Balaban J connectivity index is 2.90. The molecule has 0 heterocycles. The smallest absolute Gasteiger partial charge is 0.449 e. The number of halogens is 3. The Morgan fingerprint density at radius 3 is 1.85 bits per heavy atom. The highest BCUT2D eigenvalue weighted by Gasteiger charge is 2.23. The van der Waals surface area contributed by atoms with Gasteiger partial charge in [-0.1, -0.05) is 41.2 Å². The molecule has 4 heteroatoms. The zero-order valence-corrected chi connectivity index (χ0v) is 7.65. The fourth-order valence-corrected chi connectivity index (χ4v) is 1.45. The first kappa shape index (κ1) is 10.2. The van der Waals surface area contributed by atoms with Gasteiger partial charge in [-0.2, -0.15) is 0 Å². The molecule has 0 unspecified atom stereocenters. The summed E-state index contributed by atoms with van der Waals surface area (Å²) in [6.07, 6.45) is -0.775. The van der Waals surface area contributed by atoms with Crippen LogP contribution in [-0.4, -0.2) is 6.98 Å². The third-order valence-corrected chi connectivity index (χ3v) is 1.75. The molecule has 0 N–H and O–H groups in total. The van der Waals surface area contributed by atoms with E-state index in [4.69, 9.17) is 0 Å². The molecule has 0 aromatic heterocycles. The van der Waals surface area contributed by atoms with Crippen molar-refractivity contribution in [2.24, 2.45) is 0 Å². The third kappa shape index (κ3) is 3.53. The Hall–Kier alpha value is -0.925. The average Bonchev–Trinajstić information content (AvgIpc) is 1.78. The normalized spacial score (nSPS) is 11.8. The first-order chi connectivity index (χ1) is 5.87. The van der Waals surface area contributed by atoms with Gasteiger partial charge in [-0.15, -0.1) is 0 Å². The van der Waals surface area contributed by atoms with E-state index in [2.05, 4.69) is 0 Å². The number of benzene rings is 1. The Morgan fingerprint density at radius 2 is 1.46 bits per heavy atom. The third-order valence-electron chi connectivity index (χ3n) is 1.75. The number of aryl methyl sites for hydroxylation is 2. The molecule has 0 radical (unpaired) electrons. The zero-order valence-electron chi connectivity index (χ0n) is 7.65. The van der Waals surface area contributed by atoms with Gasteiger partial charge in [-0.3, -0.25) is 0 Å². The van der Waals surface area contributed by atoms with Gasteiger partial charge in [-0.05, 0) is 13.8 Å².